The van der Waals surface area contributed by atoms with Crippen molar-refractivity contribution >= 4 is 33.2 Å². The zero-order chi connectivity index (χ0) is 40.1. The minimum Gasteiger partial charge on any atom is -0.406 e. The van der Waals surface area contributed by atoms with E-state index >= 15 is 0 Å². The second kappa shape index (κ2) is 16.5. The van der Waals surface area contributed by atoms with Gasteiger partial charge in [0.15, 0.2) is 0 Å². The van der Waals surface area contributed by atoms with Gasteiger partial charge < -0.3 is 34.8 Å². The van der Waals surface area contributed by atoms with Gasteiger partial charge in [-0.25, -0.2) is 12.8 Å². The number of alkyl halides is 6. The van der Waals surface area contributed by atoms with E-state index in [1.807, 2.05) is 0 Å². The van der Waals surface area contributed by atoms with Crippen molar-refractivity contribution in [2.24, 2.45) is 0 Å². The first-order valence-electron chi connectivity index (χ1n) is 16.2. The number of piperidine rings is 2. The van der Waals surface area contributed by atoms with E-state index in [-0.39, 0.29) is 37.4 Å². The SMILES string of the molecule is CN(C(=O)C1(O)CCN(S(=O)(=O)c2ccccc2F)CC1)c1ccc(OC(F)(F)F)cc1.CN(C(=O)C1(O)CCNCC1)c1ccc(OC(F)(F)F)cc1. The Hall–Kier alpha value is -4.50. The zero-order valence-corrected chi connectivity index (χ0v) is 29.6. The molecule has 0 spiro atoms. The molecule has 2 saturated heterocycles. The first kappa shape index (κ1) is 42.2. The molecule has 0 aliphatic carbocycles. The van der Waals surface area contributed by atoms with E-state index in [9.17, 15) is 59.0 Å². The number of ether oxygens (including phenoxy) is 2. The highest BCUT2D eigenvalue weighted by Gasteiger charge is 2.44. The fourth-order valence-corrected chi connectivity index (χ4v) is 7.27. The summed E-state index contributed by atoms with van der Waals surface area (Å²) in [4.78, 5) is 27.0. The average molecular weight is 795 g/mol. The Morgan fingerprint density at radius 1 is 0.704 bits per heavy atom. The number of amides is 2. The number of nitrogens with one attached hydrogen (secondary N) is 1. The summed E-state index contributed by atoms with van der Waals surface area (Å²) >= 11 is 0. The Balaban J connectivity index is 0.000000258. The number of nitrogens with zero attached hydrogens (tertiary/aromatic N) is 3. The lowest BCUT2D eigenvalue weighted by molar-refractivity contribution is -0.275. The highest BCUT2D eigenvalue weighted by atomic mass is 32.2. The van der Waals surface area contributed by atoms with Crippen LogP contribution in [-0.2, 0) is 19.6 Å². The maximum Gasteiger partial charge on any atom is 0.573 e. The van der Waals surface area contributed by atoms with Gasteiger partial charge >= 0.3 is 12.7 Å². The lowest BCUT2D eigenvalue weighted by Gasteiger charge is -2.38. The standard InChI is InChI=1S/C20H20F4N2O5S.C14H17F3N2O3/c1-25(14-6-8-15(9-7-14)31-20(22,23)24)18(27)19(28)10-12-26(13-11-19)32(29,30)17-5-3-2-4-16(17)21;1-19(12(20)13(21)6-8-18-9-7-13)10-2-4-11(5-3-10)22-14(15,16)17/h2-9,28H,10-13H2,1H3;2-5,18,21H,6-9H2,1H3. The molecular weight excluding hydrogens is 757 g/mol. The third kappa shape index (κ3) is 10.6. The molecule has 2 fully saturated rings. The van der Waals surface area contributed by atoms with Gasteiger partial charge in [-0.15, -0.1) is 26.3 Å². The number of likely N-dealkylation sites (N-methyl/N-ethyl adjacent to an activating group) is 2. The molecule has 3 N–H and O–H groups in total. The molecule has 20 heteroatoms. The molecule has 0 radical (unpaired) electrons. The van der Waals surface area contributed by atoms with Crippen LogP contribution in [0.4, 0.5) is 42.1 Å². The number of aliphatic hydroxyl groups is 2. The predicted octanol–water partition coefficient (Wildman–Crippen LogP) is 4.57. The van der Waals surface area contributed by atoms with Crippen molar-refractivity contribution in [3.63, 3.8) is 0 Å². The first-order chi connectivity index (χ1) is 25.0. The summed E-state index contributed by atoms with van der Waals surface area (Å²) in [6.07, 6.45) is -9.49. The van der Waals surface area contributed by atoms with Crippen LogP contribution in [0.15, 0.2) is 77.7 Å². The van der Waals surface area contributed by atoms with Gasteiger partial charge in [0.2, 0.25) is 10.0 Å². The number of carbonyl (C=O) groups is 2. The van der Waals surface area contributed by atoms with Crippen molar-refractivity contribution in [2.75, 3.05) is 50.1 Å². The van der Waals surface area contributed by atoms with Crippen LogP contribution in [0.3, 0.4) is 0 Å². The highest BCUT2D eigenvalue weighted by molar-refractivity contribution is 7.89. The molecule has 0 aromatic heterocycles. The van der Waals surface area contributed by atoms with E-state index in [0.29, 0.717) is 31.6 Å². The number of hydrogen-bond acceptors (Lipinski definition) is 9. The van der Waals surface area contributed by atoms with Gasteiger partial charge in [-0.1, -0.05) is 12.1 Å². The smallest absolute Gasteiger partial charge is 0.406 e. The Labute approximate surface area is 305 Å². The Kier molecular flexibility index (Phi) is 12.9. The van der Waals surface area contributed by atoms with E-state index < -0.39 is 62.2 Å². The van der Waals surface area contributed by atoms with Gasteiger partial charge in [-0.3, -0.25) is 9.59 Å². The molecular formula is C34H37F7N4O8S. The lowest BCUT2D eigenvalue weighted by atomic mass is 9.91. The number of rotatable bonds is 8. The van der Waals surface area contributed by atoms with E-state index in [1.165, 1.54) is 55.4 Å². The lowest BCUT2D eigenvalue weighted by Crippen LogP contribution is -2.55. The summed E-state index contributed by atoms with van der Waals surface area (Å²) in [5, 5.41) is 24.3. The van der Waals surface area contributed by atoms with Gasteiger partial charge in [0.25, 0.3) is 11.8 Å². The number of anilines is 2. The van der Waals surface area contributed by atoms with Crippen LogP contribution < -0.4 is 24.6 Å². The highest BCUT2D eigenvalue weighted by Crippen LogP contribution is 2.32. The molecule has 12 nitrogen and oxygen atoms in total. The molecule has 54 heavy (non-hydrogen) atoms. The summed E-state index contributed by atoms with van der Waals surface area (Å²) < 4.78 is 121. The molecule has 0 atom stereocenters. The van der Waals surface area contributed by atoms with E-state index in [2.05, 4.69) is 14.8 Å². The molecule has 2 amide bonds. The largest absolute Gasteiger partial charge is 0.573 e. The predicted molar refractivity (Wildman–Crippen MR) is 179 cm³/mol. The van der Waals surface area contributed by atoms with Crippen molar-refractivity contribution < 1.29 is 68.4 Å². The molecule has 2 aliphatic heterocycles. The van der Waals surface area contributed by atoms with E-state index in [1.54, 1.807) is 0 Å². The molecule has 5 rings (SSSR count). The normalized spacial score (nSPS) is 17.4. The second-order valence-electron chi connectivity index (χ2n) is 12.5. The minimum absolute atomic E-state index is 0.208. The summed E-state index contributed by atoms with van der Waals surface area (Å²) in [5.41, 5.74) is -2.75. The van der Waals surface area contributed by atoms with Gasteiger partial charge in [-0.2, -0.15) is 4.31 Å². The summed E-state index contributed by atoms with van der Waals surface area (Å²) in [6, 6.07) is 14.3. The Bertz CT molecular complexity index is 1860. The number of benzene rings is 3. The molecule has 0 unspecified atom stereocenters. The van der Waals surface area contributed by atoms with Crippen LogP contribution in [-0.4, -0.2) is 99.0 Å². The van der Waals surface area contributed by atoms with Crippen LogP contribution in [0.2, 0.25) is 0 Å². The maximum absolute atomic E-state index is 13.9. The fourth-order valence-electron chi connectivity index (χ4n) is 5.76. The summed E-state index contributed by atoms with van der Waals surface area (Å²) in [6.45, 7) is 0.638. The van der Waals surface area contributed by atoms with Crippen molar-refractivity contribution in [1.29, 1.82) is 0 Å². The third-order valence-electron chi connectivity index (χ3n) is 8.76. The molecule has 296 valence electrons. The van der Waals surface area contributed by atoms with Gasteiger partial charge in [-0.05, 0) is 99.4 Å². The van der Waals surface area contributed by atoms with Crippen molar-refractivity contribution in [3.8, 4) is 11.5 Å². The molecule has 0 saturated carbocycles. The van der Waals surface area contributed by atoms with Crippen molar-refractivity contribution in [3.05, 3.63) is 78.6 Å². The number of hydrogen-bond donors (Lipinski definition) is 3. The zero-order valence-electron chi connectivity index (χ0n) is 28.8. The summed E-state index contributed by atoms with van der Waals surface area (Å²) in [7, 11) is -1.33. The van der Waals surface area contributed by atoms with Crippen LogP contribution in [0.1, 0.15) is 25.7 Å². The van der Waals surface area contributed by atoms with Crippen molar-refractivity contribution in [1.82, 2.24) is 9.62 Å². The van der Waals surface area contributed by atoms with Crippen LogP contribution >= 0.6 is 0 Å². The number of halogens is 7. The molecule has 2 heterocycles. The molecule has 3 aromatic rings. The van der Waals surface area contributed by atoms with Gasteiger partial charge in [0.05, 0.1) is 0 Å². The van der Waals surface area contributed by atoms with E-state index in [4.69, 9.17) is 0 Å². The third-order valence-corrected chi connectivity index (χ3v) is 10.7. The van der Waals surface area contributed by atoms with Crippen LogP contribution in [0, 0.1) is 5.82 Å². The Morgan fingerprint density at radius 3 is 1.48 bits per heavy atom. The molecule has 2 aliphatic rings. The Morgan fingerprint density at radius 2 is 1.09 bits per heavy atom. The fraction of sp³-hybridized carbons (Fsp3) is 0.412. The van der Waals surface area contributed by atoms with Crippen LogP contribution in [0.25, 0.3) is 0 Å². The quantitative estimate of drug-likeness (QED) is 0.279. The second-order valence-corrected chi connectivity index (χ2v) is 14.4. The number of sulfonamides is 1. The van der Waals surface area contributed by atoms with Gasteiger partial charge in [0.1, 0.15) is 33.4 Å². The minimum atomic E-state index is -4.85. The van der Waals surface area contributed by atoms with Crippen LogP contribution in [0.5, 0.6) is 11.5 Å². The molecule has 3 aromatic carbocycles. The molecule has 0 bridgehead atoms. The topological polar surface area (TPSA) is 149 Å². The first-order valence-corrected chi connectivity index (χ1v) is 17.7. The monoisotopic (exact) mass is 794 g/mol. The van der Waals surface area contributed by atoms with Crippen molar-refractivity contribution in [2.45, 2.75) is 54.5 Å². The number of carbonyl (C=O) groups excluding carboxylic acids is 2. The van der Waals surface area contributed by atoms with E-state index in [0.717, 1.165) is 45.6 Å². The average Bonchev–Trinajstić information content (AvgIpc) is 3.10. The van der Waals surface area contributed by atoms with Gasteiger partial charge in [0, 0.05) is 38.6 Å². The summed E-state index contributed by atoms with van der Waals surface area (Å²) in [5.74, 6) is -2.95. The maximum atomic E-state index is 13.9.